The molecule has 0 saturated heterocycles. The minimum Gasteiger partial charge on any atom is -0.497 e. The van der Waals surface area contributed by atoms with Crippen molar-refractivity contribution in [3.05, 3.63) is 96.1 Å². The van der Waals surface area contributed by atoms with Gasteiger partial charge in [0, 0.05) is 16.8 Å². The molecule has 0 aliphatic carbocycles. The molecule has 0 bridgehead atoms. The van der Waals surface area contributed by atoms with Gasteiger partial charge in [-0.3, -0.25) is 8.97 Å². The predicted octanol–water partition coefficient (Wildman–Crippen LogP) is 6.74. The van der Waals surface area contributed by atoms with E-state index in [1.165, 1.54) is 17.8 Å². The van der Waals surface area contributed by atoms with Crippen LogP contribution < -0.4 is 10.1 Å². The minimum absolute atomic E-state index is 0.256. The standard InChI is InChI=1S/C29H25FN4OS/c1-35-23-17-13-20(14-18-23)27-25-10-6-5-9-24-26(19-11-15-21(30)16-12-19)32-28(33(24)25)34(27)29(36)31-22-7-3-2-4-8-22/h2-4,7-8,11-18H,5-6,9-10H2,1H3,(H,31,36). The number of anilines is 1. The molecule has 36 heavy (non-hydrogen) atoms. The van der Waals surface area contributed by atoms with Gasteiger partial charge in [0.05, 0.1) is 29.9 Å². The van der Waals surface area contributed by atoms with E-state index in [4.69, 9.17) is 21.9 Å². The molecule has 180 valence electrons. The minimum atomic E-state index is -0.256. The zero-order chi connectivity index (χ0) is 24.6. The van der Waals surface area contributed by atoms with Crippen LogP contribution in [0.15, 0.2) is 78.9 Å². The highest BCUT2D eigenvalue weighted by Gasteiger charge is 2.28. The topological polar surface area (TPSA) is 43.5 Å². The molecule has 0 unspecified atom stereocenters. The van der Waals surface area contributed by atoms with Gasteiger partial charge >= 0.3 is 0 Å². The Morgan fingerprint density at radius 2 is 1.56 bits per heavy atom. The normalized spacial score (nSPS) is 12.9. The molecule has 0 amide bonds. The predicted molar refractivity (Wildman–Crippen MR) is 145 cm³/mol. The van der Waals surface area contributed by atoms with E-state index in [0.717, 1.165) is 71.1 Å². The Morgan fingerprint density at radius 3 is 2.25 bits per heavy atom. The molecule has 2 aromatic heterocycles. The number of imidazole rings is 2. The number of aromatic nitrogens is 3. The second kappa shape index (κ2) is 9.24. The SMILES string of the molecule is COc1ccc(-c2c3n4c(c(-c5ccc(F)cc5)nc4n2C(=S)Nc2ccccc2)CCCC3)cc1. The number of rotatable bonds is 4. The van der Waals surface area contributed by atoms with Crippen molar-refractivity contribution in [1.29, 1.82) is 0 Å². The molecule has 0 spiro atoms. The van der Waals surface area contributed by atoms with Gasteiger partial charge in [-0.15, -0.1) is 0 Å². The average molecular weight is 497 g/mol. The van der Waals surface area contributed by atoms with Crippen molar-refractivity contribution in [3.8, 4) is 28.3 Å². The quantitative estimate of drug-likeness (QED) is 0.280. The molecule has 0 saturated carbocycles. The summed E-state index contributed by atoms with van der Waals surface area (Å²) in [6, 6.07) is 24.6. The van der Waals surface area contributed by atoms with Crippen LogP contribution in [0.5, 0.6) is 5.75 Å². The summed E-state index contributed by atoms with van der Waals surface area (Å²) in [4.78, 5) is 5.12. The highest BCUT2D eigenvalue weighted by Crippen LogP contribution is 2.37. The summed E-state index contributed by atoms with van der Waals surface area (Å²) in [5.41, 5.74) is 7.09. The summed E-state index contributed by atoms with van der Waals surface area (Å²) < 4.78 is 23.4. The van der Waals surface area contributed by atoms with Crippen molar-refractivity contribution in [2.45, 2.75) is 25.7 Å². The van der Waals surface area contributed by atoms with Gasteiger partial charge in [-0.25, -0.2) is 9.37 Å². The summed E-state index contributed by atoms with van der Waals surface area (Å²) >= 11 is 5.99. The smallest absolute Gasteiger partial charge is 0.222 e. The van der Waals surface area contributed by atoms with Crippen molar-refractivity contribution in [2.24, 2.45) is 0 Å². The first kappa shape index (κ1) is 22.5. The van der Waals surface area contributed by atoms with Crippen LogP contribution in [0.25, 0.3) is 28.3 Å². The molecule has 3 heterocycles. The molecule has 5 aromatic rings. The number of methoxy groups -OCH3 is 1. The van der Waals surface area contributed by atoms with Crippen LogP contribution in [0.3, 0.4) is 0 Å². The van der Waals surface area contributed by atoms with E-state index < -0.39 is 0 Å². The van der Waals surface area contributed by atoms with Gasteiger partial charge in [-0.05, 0) is 98.6 Å². The van der Waals surface area contributed by atoms with Crippen LogP contribution in [0.4, 0.5) is 10.1 Å². The third-order valence-corrected chi connectivity index (χ3v) is 6.99. The molecule has 1 N–H and O–H groups in total. The third kappa shape index (κ3) is 3.85. The maximum atomic E-state index is 13.7. The Kier molecular flexibility index (Phi) is 5.77. The Hall–Kier alpha value is -3.97. The second-order valence-electron chi connectivity index (χ2n) is 8.91. The van der Waals surface area contributed by atoms with E-state index in [0.29, 0.717) is 5.11 Å². The summed E-state index contributed by atoms with van der Waals surface area (Å²) in [5.74, 6) is 1.31. The van der Waals surface area contributed by atoms with Gasteiger partial charge in [0.2, 0.25) is 5.78 Å². The van der Waals surface area contributed by atoms with Crippen LogP contribution in [0, 0.1) is 5.82 Å². The number of benzene rings is 3. The fourth-order valence-corrected chi connectivity index (χ4v) is 5.32. The van der Waals surface area contributed by atoms with Gasteiger partial charge in [0.1, 0.15) is 11.6 Å². The van der Waals surface area contributed by atoms with E-state index in [1.54, 1.807) is 19.2 Å². The maximum Gasteiger partial charge on any atom is 0.222 e. The molecule has 6 rings (SSSR count). The van der Waals surface area contributed by atoms with Gasteiger partial charge in [-0.2, -0.15) is 0 Å². The van der Waals surface area contributed by atoms with E-state index in [9.17, 15) is 4.39 Å². The first-order valence-electron chi connectivity index (χ1n) is 12.1. The number of halogens is 1. The van der Waals surface area contributed by atoms with Crippen LogP contribution >= 0.6 is 12.2 Å². The zero-order valence-corrected chi connectivity index (χ0v) is 20.7. The Balaban J connectivity index is 1.60. The van der Waals surface area contributed by atoms with Crippen molar-refractivity contribution < 1.29 is 9.13 Å². The van der Waals surface area contributed by atoms with Crippen LogP contribution in [-0.4, -0.2) is 26.2 Å². The van der Waals surface area contributed by atoms with E-state index >= 15 is 0 Å². The largest absolute Gasteiger partial charge is 0.497 e. The van der Waals surface area contributed by atoms with Gasteiger partial charge in [-0.1, -0.05) is 18.2 Å². The number of thiocarbonyl (C=S) groups is 1. The first-order chi connectivity index (χ1) is 17.6. The summed E-state index contributed by atoms with van der Waals surface area (Å²) in [6.45, 7) is 0. The van der Waals surface area contributed by atoms with E-state index in [2.05, 4.69) is 21.9 Å². The molecule has 1 aliphatic rings. The van der Waals surface area contributed by atoms with Crippen LogP contribution in [-0.2, 0) is 12.8 Å². The number of nitrogens with zero attached hydrogens (tertiary/aromatic N) is 3. The highest BCUT2D eigenvalue weighted by atomic mass is 32.1. The van der Waals surface area contributed by atoms with E-state index in [1.807, 2.05) is 47.0 Å². The van der Waals surface area contributed by atoms with Crippen molar-refractivity contribution in [3.63, 3.8) is 0 Å². The first-order valence-corrected chi connectivity index (χ1v) is 12.5. The average Bonchev–Trinajstić information content (AvgIpc) is 3.32. The second-order valence-corrected chi connectivity index (χ2v) is 9.30. The Labute approximate surface area is 214 Å². The number of hydrogen-bond acceptors (Lipinski definition) is 3. The molecule has 7 heteroatoms. The van der Waals surface area contributed by atoms with Crippen molar-refractivity contribution in [1.82, 2.24) is 14.0 Å². The van der Waals surface area contributed by atoms with Gasteiger partial charge in [0.15, 0.2) is 5.11 Å². The molecule has 1 aliphatic heterocycles. The Bertz CT molecular complexity index is 1550. The maximum absolute atomic E-state index is 13.7. The van der Waals surface area contributed by atoms with E-state index in [-0.39, 0.29) is 5.82 Å². The third-order valence-electron chi connectivity index (χ3n) is 6.71. The van der Waals surface area contributed by atoms with Crippen LogP contribution in [0.2, 0.25) is 0 Å². The summed E-state index contributed by atoms with van der Waals surface area (Å²) in [6.07, 6.45) is 3.92. The summed E-state index contributed by atoms with van der Waals surface area (Å²) in [7, 11) is 1.67. The number of aryl methyl sites for hydroxylation is 2. The molecule has 3 aromatic carbocycles. The van der Waals surface area contributed by atoms with Crippen LogP contribution in [0.1, 0.15) is 24.2 Å². The molecular weight excluding hydrogens is 471 g/mol. The van der Waals surface area contributed by atoms with Crippen molar-refractivity contribution >= 4 is 28.8 Å². The lowest BCUT2D eigenvalue weighted by Gasteiger charge is -2.14. The molecule has 5 nitrogen and oxygen atoms in total. The summed E-state index contributed by atoms with van der Waals surface area (Å²) in [5, 5.41) is 3.95. The lowest BCUT2D eigenvalue weighted by molar-refractivity contribution is 0.415. The fraction of sp³-hybridized carbons (Fsp3) is 0.172. The number of nitrogens with one attached hydrogen (secondary N) is 1. The number of hydrogen-bond donors (Lipinski definition) is 1. The number of ether oxygens (including phenoxy) is 1. The van der Waals surface area contributed by atoms with Gasteiger partial charge in [0.25, 0.3) is 0 Å². The van der Waals surface area contributed by atoms with Gasteiger partial charge < -0.3 is 10.1 Å². The lowest BCUT2D eigenvalue weighted by atomic mass is 10.1. The molecule has 0 atom stereocenters. The fourth-order valence-electron chi connectivity index (χ4n) is 5.03. The molecule has 0 radical (unpaired) electrons. The monoisotopic (exact) mass is 496 g/mol. The molecular formula is C29H25FN4OS. The Morgan fingerprint density at radius 1 is 0.889 bits per heavy atom. The molecule has 0 fully saturated rings. The highest BCUT2D eigenvalue weighted by molar-refractivity contribution is 7.80. The van der Waals surface area contributed by atoms with Crippen molar-refractivity contribution in [2.75, 3.05) is 12.4 Å². The lowest BCUT2D eigenvalue weighted by Crippen LogP contribution is -2.20. The zero-order valence-electron chi connectivity index (χ0n) is 19.9. The number of para-hydroxylation sites is 1.